The van der Waals surface area contributed by atoms with Gasteiger partial charge in [-0.1, -0.05) is 0 Å². The van der Waals surface area contributed by atoms with Gasteiger partial charge in [0.1, 0.15) is 5.75 Å². The second kappa shape index (κ2) is 4.58. The number of fused-ring (bicyclic) bond motifs is 1. The van der Waals surface area contributed by atoms with Gasteiger partial charge in [0.2, 0.25) is 0 Å². The summed E-state index contributed by atoms with van der Waals surface area (Å²) in [4.78, 5) is 3.88. The average molecular weight is 262 g/mol. The summed E-state index contributed by atoms with van der Waals surface area (Å²) in [6.45, 7) is 1.69. The van der Waals surface area contributed by atoms with Crippen molar-refractivity contribution < 1.29 is 5.11 Å². The van der Waals surface area contributed by atoms with Gasteiger partial charge in [-0.15, -0.1) is 11.3 Å². The average Bonchev–Trinajstić information content (AvgIpc) is 2.76. The summed E-state index contributed by atoms with van der Waals surface area (Å²) in [7, 11) is 0. The maximum absolute atomic E-state index is 10.2. The fraction of sp³-hybridized carbons (Fsp3) is 0.0833. The van der Waals surface area contributed by atoms with E-state index in [-0.39, 0.29) is 11.7 Å². The molecule has 1 aromatic carbocycles. The van der Waals surface area contributed by atoms with Gasteiger partial charge in [0, 0.05) is 15.6 Å². The molecule has 0 aliphatic heterocycles. The van der Waals surface area contributed by atoms with Crippen molar-refractivity contribution in [3.05, 3.63) is 34.8 Å². The third kappa shape index (κ3) is 2.10. The Morgan fingerprint density at radius 1 is 1.22 bits per heavy atom. The summed E-state index contributed by atoms with van der Waals surface area (Å²) < 4.78 is 1.00. The molecule has 5 nitrogen and oxygen atoms in total. The Bertz CT molecular complexity index is 653. The second-order valence-corrected chi connectivity index (χ2v) is 4.78. The van der Waals surface area contributed by atoms with Crippen molar-refractivity contribution in [3.63, 3.8) is 0 Å². The SMILES string of the molecule is C/C(N=C(N)N)=C(/N)c1ccc2sccc2c1O. The number of guanidine groups is 1. The Morgan fingerprint density at radius 3 is 2.61 bits per heavy atom. The molecule has 0 unspecified atom stereocenters. The minimum absolute atomic E-state index is 0.0634. The number of aliphatic imine (C=N–C) groups is 1. The van der Waals surface area contributed by atoms with Crippen LogP contribution in [0.4, 0.5) is 0 Å². The van der Waals surface area contributed by atoms with Crippen LogP contribution in [-0.4, -0.2) is 11.1 Å². The zero-order chi connectivity index (χ0) is 13.3. The van der Waals surface area contributed by atoms with Crippen molar-refractivity contribution in [2.45, 2.75) is 6.92 Å². The molecule has 2 aromatic rings. The maximum Gasteiger partial charge on any atom is 0.190 e. The lowest BCUT2D eigenvalue weighted by molar-refractivity contribution is 0.480. The van der Waals surface area contributed by atoms with E-state index in [0.717, 1.165) is 10.1 Å². The molecule has 0 aliphatic rings. The van der Waals surface area contributed by atoms with E-state index in [9.17, 15) is 5.11 Å². The van der Waals surface area contributed by atoms with Crippen LogP contribution >= 0.6 is 11.3 Å². The van der Waals surface area contributed by atoms with E-state index in [0.29, 0.717) is 17.0 Å². The fourth-order valence-electron chi connectivity index (χ4n) is 1.69. The van der Waals surface area contributed by atoms with Gasteiger partial charge in [-0.05, 0) is 30.5 Å². The summed E-state index contributed by atoms with van der Waals surface area (Å²) in [6.07, 6.45) is 0. The largest absolute Gasteiger partial charge is 0.507 e. The predicted molar refractivity (Wildman–Crippen MR) is 76.1 cm³/mol. The number of rotatable bonds is 2. The van der Waals surface area contributed by atoms with Crippen molar-refractivity contribution in [2.75, 3.05) is 0 Å². The van der Waals surface area contributed by atoms with Gasteiger partial charge in [0.05, 0.1) is 11.4 Å². The Hall–Kier alpha value is -2.21. The first-order chi connectivity index (χ1) is 8.50. The highest BCUT2D eigenvalue weighted by atomic mass is 32.1. The van der Waals surface area contributed by atoms with Crippen LogP contribution in [0.5, 0.6) is 5.75 Å². The van der Waals surface area contributed by atoms with Gasteiger partial charge < -0.3 is 22.3 Å². The normalized spacial score (nSPS) is 12.3. The third-order valence-electron chi connectivity index (χ3n) is 2.58. The number of hydrogen-bond donors (Lipinski definition) is 4. The number of allylic oxidation sites excluding steroid dienone is 1. The highest BCUT2D eigenvalue weighted by Crippen LogP contribution is 2.35. The molecule has 0 saturated carbocycles. The van der Waals surface area contributed by atoms with Crippen LogP contribution in [0.25, 0.3) is 15.8 Å². The molecule has 0 bridgehead atoms. The van der Waals surface area contributed by atoms with E-state index < -0.39 is 0 Å². The van der Waals surface area contributed by atoms with E-state index in [1.165, 1.54) is 0 Å². The number of phenolic OH excluding ortho intramolecular Hbond substituents is 1. The first-order valence-corrected chi connectivity index (χ1v) is 6.14. The molecule has 0 fully saturated rings. The molecule has 2 rings (SSSR count). The molecule has 0 atom stereocenters. The van der Waals surface area contributed by atoms with Crippen molar-refractivity contribution in [1.29, 1.82) is 0 Å². The lowest BCUT2D eigenvalue weighted by atomic mass is 10.1. The van der Waals surface area contributed by atoms with E-state index in [4.69, 9.17) is 17.2 Å². The van der Waals surface area contributed by atoms with Gasteiger partial charge >= 0.3 is 0 Å². The fourth-order valence-corrected chi connectivity index (χ4v) is 2.48. The molecule has 0 saturated heterocycles. The molecule has 1 heterocycles. The summed E-state index contributed by atoms with van der Waals surface area (Å²) in [5.74, 6) is 0.0861. The van der Waals surface area contributed by atoms with Gasteiger partial charge in [-0.3, -0.25) is 0 Å². The lowest BCUT2D eigenvalue weighted by Gasteiger charge is -2.08. The molecule has 94 valence electrons. The van der Waals surface area contributed by atoms with Crippen LogP contribution in [-0.2, 0) is 0 Å². The second-order valence-electron chi connectivity index (χ2n) is 3.83. The predicted octanol–water partition coefficient (Wildman–Crippen LogP) is 1.53. The van der Waals surface area contributed by atoms with E-state index in [2.05, 4.69) is 4.99 Å². The summed E-state index contributed by atoms with van der Waals surface area (Å²) >= 11 is 1.56. The zero-order valence-corrected chi connectivity index (χ0v) is 10.7. The minimum Gasteiger partial charge on any atom is -0.507 e. The third-order valence-corrected chi connectivity index (χ3v) is 3.47. The van der Waals surface area contributed by atoms with Crippen LogP contribution in [0.15, 0.2) is 34.3 Å². The molecule has 6 heteroatoms. The van der Waals surface area contributed by atoms with E-state index in [1.807, 2.05) is 17.5 Å². The van der Waals surface area contributed by atoms with Crippen molar-refractivity contribution in [2.24, 2.45) is 22.2 Å². The van der Waals surface area contributed by atoms with Crippen molar-refractivity contribution >= 4 is 33.1 Å². The zero-order valence-electron chi connectivity index (χ0n) is 9.84. The molecule has 0 amide bonds. The number of hydrogen-bond acceptors (Lipinski definition) is 4. The standard InChI is InChI=1S/C12H14N4OS/c1-6(16-12(14)15)10(13)8-2-3-9-7(11(8)17)4-5-18-9/h2-5,17H,13H2,1H3,(H4,14,15,16)/b10-6-. The summed E-state index contributed by atoms with van der Waals surface area (Å²) in [5.41, 5.74) is 17.9. The smallest absolute Gasteiger partial charge is 0.190 e. The van der Waals surface area contributed by atoms with Crippen LogP contribution in [0, 0.1) is 0 Å². The monoisotopic (exact) mass is 262 g/mol. The minimum atomic E-state index is -0.0634. The van der Waals surface area contributed by atoms with Crippen LogP contribution in [0.2, 0.25) is 0 Å². The molecule has 0 aliphatic carbocycles. The van der Waals surface area contributed by atoms with Gasteiger partial charge in [0.15, 0.2) is 5.96 Å². The van der Waals surface area contributed by atoms with Gasteiger partial charge in [-0.25, -0.2) is 4.99 Å². The van der Waals surface area contributed by atoms with Crippen LogP contribution in [0.3, 0.4) is 0 Å². The molecule has 1 aromatic heterocycles. The number of nitrogens with zero attached hydrogens (tertiary/aromatic N) is 1. The number of thiophene rings is 1. The molecular formula is C12H14N4OS. The Morgan fingerprint density at radius 2 is 1.94 bits per heavy atom. The van der Waals surface area contributed by atoms with E-state index in [1.54, 1.807) is 24.3 Å². The number of nitrogens with two attached hydrogens (primary N) is 3. The first-order valence-electron chi connectivity index (χ1n) is 5.26. The molecule has 7 N–H and O–H groups in total. The Balaban J connectivity index is 2.61. The van der Waals surface area contributed by atoms with Crippen molar-refractivity contribution in [1.82, 2.24) is 0 Å². The molecule has 0 spiro atoms. The number of phenols is 1. The van der Waals surface area contributed by atoms with Crippen LogP contribution < -0.4 is 17.2 Å². The van der Waals surface area contributed by atoms with Crippen molar-refractivity contribution in [3.8, 4) is 5.75 Å². The van der Waals surface area contributed by atoms with Crippen LogP contribution in [0.1, 0.15) is 12.5 Å². The van der Waals surface area contributed by atoms with Gasteiger partial charge in [0.25, 0.3) is 0 Å². The van der Waals surface area contributed by atoms with Gasteiger partial charge in [-0.2, -0.15) is 0 Å². The summed E-state index contributed by atoms with van der Waals surface area (Å²) in [6, 6.07) is 5.52. The number of benzene rings is 1. The lowest BCUT2D eigenvalue weighted by Crippen LogP contribution is -2.22. The van der Waals surface area contributed by atoms with E-state index >= 15 is 0 Å². The maximum atomic E-state index is 10.2. The Labute approximate surface area is 108 Å². The number of aromatic hydroxyl groups is 1. The first kappa shape index (κ1) is 12.3. The highest BCUT2D eigenvalue weighted by Gasteiger charge is 2.11. The molecule has 0 radical (unpaired) electrons. The molecular weight excluding hydrogens is 248 g/mol. The highest BCUT2D eigenvalue weighted by molar-refractivity contribution is 7.17. The molecule has 18 heavy (non-hydrogen) atoms. The summed E-state index contributed by atoms with van der Waals surface area (Å²) in [5, 5.41) is 12.9. The topological polar surface area (TPSA) is 111 Å². The Kier molecular flexibility index (Phi) is 3.12. The quantitative estimate of drug-likeness (QED) is 0.485.